The van der Waals surface area contributed by atoms with Gasteiger partial charge in [0.05, 0.1) is 0 Å². The van der Waals surface area contributed by atoms with Crippen LogP contribution in [0.3, 0.4) is 0 Å². The van der Waals surface area contributed by atoms with Gasteiger partial charge in [-0.25, -0.2) is 0 Å². The van der Waals surface area contributed by atoms with E-state index in [-0.39, 0.29) is 47.2 Å². The van der Waals surface area contributed by atoms with Crippen LogP contribution in [0.25, 0.3) is 0 Å². The molecule has 0 unspecified atom stereocenters. The third-order valence-corrected chi connectivity index (χ3v) is 0. The minimum absolute atomic E-state index is 0. The second kappa shape index (κ2) is 34.2. The molecule has 0 saturated carbocycles. The Labute approximate surface area is 47.5 Å². The van der Waals surface area contributed by atoms with Gasteiger partial charge >= 0.3 is 36.2 Å². The van der Waals surface area contributed by atoms with Gasteiger partial charge in [-0.2, -0.15) is 0 Å². The van der Waals surface area contributed by atoms with Gasteiger partial charge in [0.25, 0.3) is 0 Å². The number of rotatable bonds is 0. The van der Waals surface area contributed by atoms with Crippen LogP contribution in [0.15, 0.2) is 0 Å². The largest absolute Gasteiger partial charge is 3.00 e. The van der Waals surface area contributed by atoms with Crippen molar-refractivity contribution >= 4 is 17.4 Å². The van der Waals surface area contributed by atoms with E-state index in [1.54, 1.807) is 0 Å². The molecule has 0 rings (SSSR count). The van der Waals surface area contributed by atoms with Gasteiger partial charge < -0.3 is 11.0 Å². The summed E-state index contributed by atoms with van der Waals surface area (Å²) in [5.41, 5.74) is 0. The van der Waals surface area contributed by atoms with Gasteiger partial charge in [0.15, 0.2) is 0 Å². The Bertz CT molecular complexity index is 6.00. The van der Waals surface area contributed by atoms with Crippen LogP contribution >= 0.6 is 0 Å². The van der Waals surface area contributed by atoms with Crippen molar-refractivity contribution < 1.29 is 29.8 Å². The Balaban J connectivity index is 0. The van der Waals surface area contributed by atoms with Crippen molar-refractivity contribution in [1.29, 1.82) is 0 Å². The van der Waals surface area contributed by atoms with Crippen LogP contribution in [-0.4, -0.2) is 17.4 Å². The van der Waals surface area contributed by atoms with Crippen molar-refractivity contribution in [2.75, 3.05) is 0 Å². The zero-order valence-corrected chi connectivity index (χ0v) is 3.55. The zero-order valence-electron chi connectivity index (χ0n) is 2.39. The Kier molecular flexibility index (Phi) is 642. The molecule has 0 N–H and O–H groups in total. The first kappa shape index (κ1) is 75.1. The minimum Gasteiger partial charge on any atom is -2.00 e. The number of hydrogen-bond donors (Lipinski definition) is 0. The van der Waals surface area contributed by atoms with E-state index >= 15 is 0 Å². The van der Waals surface area contributed by atoms with E-state index in [1.165, 1.54) is 0 Å². The second-order valence-corrected chi connectivity index (χ2v) is 0. The molecule has 16 valence electrons. The van der Waals surface area contributed by atoms with Gasteiger partial charge in [-0.3, -0.25) is 0 Å². The Hall–Kier alpha value is 1.05. The summed E-state index contributed by atoms with van der Waals surface area (Å²) in [4.78, 5) is 0. The fourth-order valence-electron chi connectivity index (χ4n) is 0. The second-order valence-electron chi connectivity index (χ2n) is 0. The van der Waals surface area contributed by atoms with Crippen molar-refractivity contribution in [1.82, 2.24) is 0 Å². The van der Waals surface area contributed by atoms with E-state index in [0.717, 1.165) is 0 Å². The third kappa shape index (κ3) is 11.6. The van der Waals surface area contributed by atoms with Gasteiger partial charge in [-0.05, 0) is 0 Å². The molecule has 0 atom stereocenters. The maximum Gasteiger partial charge on any atom is 3.00 e. The Morgan fingerprint density at radius 3 is 0.750 bits per heavy atom. The van der Waals surface area contributed by atoms with Gasteiger partial charge in [-0.15, -0.1) is 0 Å². The van der Waals surface area contributed by atoms with E-state index in [1.807, 2.05) is 0 Å². The summed E-state index contributed by atoms with van der Waals surface area (Å²) in [5.74, 6) is 0. The molecule has 0 spiro atoms. The molecule has 0 aromatic rings. The first-order chi connectivity index (χ1) is 0. The Morgan fingerprint density at radius 1 is 0.750 bits per heavy atom. The van der Waals surface area contributed by atoms with Gasteiger partial charge in [0, 0.05) is 0 Å². The topological polar surface area (TPSA) is 57.0 Å². The summed E-state index contributed by atoms with van der Waals surface area (Å²) >= 11 is 0. The molecular formula is AlLiO2. The molecule has 0 radical (unpaired) electrons. The molecule has 2 nitrogen and oxygen atoms in total. The van der Waals surface area contributed by atoms with E-state index in [9.17, 15) is 0 Å². The summed E-state index contributed by atoms with van der Waals surface area (Å²) in [7, 11) is 0. The maximum absolute atomic E-state index is 0. The van der Waals surface area contributed by atoms with Crippen molar-refractivity contribution in [3.8, 4) is 0 Å². The van der Waals surface area contributed by atoms with Crippen LogP contribution in [0.4, 0.5) is 0 Å². The van der Waals surface area contributed by atoms with Crippen LogP contribution in [0, 0.1) is 0 Å². The van der Waals surface area contributed by atoms with E-state index in [0.29, 0.717) is 0 Å². The SMILES string of the molecule is [Al+3].[Li+].[O-2].[O-2]. The van der Waals surface area contributed by atoms with Crippen LogP contribution in [0.1, 0.15) is 0 Å². The van der Waals surface area contributed by atoms with Gasteiger partial charge in [0.2, 0.25) is 0 Å². The molecule has 4 heavy (non-hydrogen) atoms. The average molecular weight is 65.9 g/mol. The summed E-state index contributed by atoms with van der Waals surface area (Å²) in [5, 5.41) is 0. The van der Waals surface area contributed by atoms with Gasteiger partial charge in [-0.1, -0.05) is 0 Å². The average Bonchev–Trinajstić information content (AvgIpc) is 0. The predicted octanol–water partition coefficient (Wildman–Crippen LogP) is -3.61. The van der Waals surface area contributed by atoms with Crippen molar-refractivity contribution in [2.24, 2.45) is 0 Å². The van der Waals surface area contributed by atoms with E-state index < -0.39 is 0 Å². The summed E-state index contributed by atoms with van der Waals surface area (Å²) in [6.07, 6.45) is 0. The molecule has 0 fully saturated rings. The van der Waals surface area contributed by atoms with E-state index in [4.69, 9.17) is 0 Å². The van der Waals surface area contributed by atoms with Crippen molar-refractivity contribution in [3.63, 3.8) is 0 Å². The molecule has 0 amide bonds. The number of hydrogen-bond acceptors (Lipinski definition) is 0. The molecule has 0 aliphatic heterocycles. The van der Waals surface area contributed by atoms with Gasteiger partial charge in [0.1, 0.15) is 0 Å². The van der Waals surface area contributed by atoms with Crippen LogP contribution < -0.4 is 18.9 Å². The maximum atomic E-state index is 0. The van der Waals surface area contributed by atoms with Crippen LogP contribution in [0.5, 0.6) is 0 Å². The fraction of sp³-hybridized carbons (Fsp3) is 0. The van der Waals surface area contributed by atoms with Crippen molar-refractivity contribution in [3.05, 3.63) is 0 Å². The summed E-state index contributed by atoms with van der Waals surface area (Å²) in [6, 6.07) is 0. The third-order valence-electron chi connectivity index (χ3n) is 0. The zero-order chi connectivity index (χ0) is 0. The van der Waals surface area contributed by atoms with Crippen molar-refractivity contribution in [2.45, 2.75) is 0 Å². The Morgan fingerprint density at radius 2 is 0.750 bits per heavy atom. The first-order valence-electron chi connectivity index (χ1n) is 0. The molecule has 4 heteroatoms. The fourth-order valence-corrected chi connectivity index (χ4v) is 0. The summed E-state index contributed by atoms with van der Waals surface area (Å²) in [6.45, 7) is 0. The molecule has 0 aliphatic carbocycles. The molecule has 0 aromatic heterocycles. The van der Waals surface area contributed by atoms with E-state index in [2.05, 4.69) is 0 Å². The monoisotopic (exact) mass is 66.0 g/mol. The van der Waals surface area contributed by atoms with Crippen LogP contribution in [-0.2, 0) is 11.0 Å². The predicted molar refractivity (Wildman–Crippen MR) is 7.13 cm³/mol. The standard InChI is InChI=1S/Al.Li.2O/q+3;+1;2*-2. The smallest absolute Gasteiger partial charge is 2.00 e. The normalized spacial score (nSPS) is 0. The summed E-state index contributed by atoms with van der Waals surface area (Å²) < 4.78 is 0. The molecule has 0 heterocycles. The quantitative estimate of drug-likeness (QED) is 0.262. The molecule has 0 saturated heterocycles. The molecule has 0 aliphatic rings. The minimum atomic E-state index is 0. The molecule has 0 bridgehead atoms. The molecule has 0 aromatic carbocycles. The first-order valence-corrected chi connectivity index (χ1v) is 0. The van der Waals surface area contributed by atoms with Crippen LogP contribution in [0.2, 0.25) is 0 Å². The molecular weight excluding hydrogens is 65.9 g/mol.